The van der Waals surface area contributed by atoms with Crippen molar-refractivity contribution in [2.75, 3.05) is 26.7 Å². The van der Waals surface area contributed by atoms with Gasteiger partial charge in [0, 0.05) is 49.1 Å². The molecule has 0 bridgehead atoms. The molecule has 1 aliphatic rings. The molecule has 0 saturated heterocycles. The number of pyridine rings is 1. The Hall–Kier alpha value is -3.34. The van der Waals surface area contributed by atoms with Crippen LogP contribution in [0.5, 0.6) is 5.75 Å². The minimum absolute atomic E-state index is 0.0172. The molecular weight excluding hydrogens is 497 g/mol. The van der Waals surface area contributed by atoms with E-state index in [1.54, 1.807) is 44.6 Å². The number of carbonyl (C=O) groups is 1. The lowest BCUT2D eigenvalue weighted by atomic mass is 10.0. The highest BCUT2D eigenvalue weighted by Crippen LogP contribution is 2.36. The number of ether oxygens (including phenoxy) is 1. The molecule has 10 heteroatoms. The van der Waals surface area contributed by atoms with Crippen LogP contribution in [0.15, 0.2) is 71.9 Å². The predicted molar refractivity (Wildman–Crippen MR) is 137 cm³/mol. The fraction of sp³-hybridized carbons (Fsp3) is 0.333. The van der Waals surface area contributed by atoms with Gasteiger partial charge in [0.15, 0.2) is 0 Å². The van der Waals surface area contributed by atoms with Crippen LogP contribution in [0.25, 0.3) is 11.1 Å². The highest BCUT2D eigenvalue weighted by atomic mass is 32.2. The van der Waals surface area contributed by atoms with Crippen LogP contribution in [0, 0.1) is 11.7 Å². The van der Waals surface area contributed by atoms with Crippen molar-refractivity contribution in [3.05, 3.63) is 78.4 Å². The third-order valence-corrected chi connectivity index (χ3v) is 8.55. The molecule has 0 spiro atoms. The van der Waals surface area contributed by atoms with Crippen LogP contribution in [0.2, 0.25) is 0 Å². The van der Waals surface area contributed by atoms with Gasteiger partial charge in [0.1, 0.15) is 22.6 Å². The van der Waals surface area contributed by atoms with E-state index in [1.165, 1.54) is 39.5 Å². The number of carbonyl (C=O) groups excluding carboxylic acids is 1. The maximum atomic E-state index is 13.7. The first-order chi connectivity index (χ1) is 17.6. The number of hydrogen-bond acceptors (Lipinski definition) is 6. The molecule has 0 saturated carbocycles. The van der Waals surface area contributed by atoms with Gasteiger partial charge in [-0.25, -0.2) is 12.8 Å². The Kier molecular flexibility index (Phi) is 7.91. The van der Waals surface area contributed by atoms with Crippen molar-refractivity contribution >= 4 is 15.9 Å². The summed E-state index contributed by atoms with van der Waals surface area (Å²) < 4.78 is 48.6. The van der Waals surface area contributed by atoms with Gasteiger partial charge in [0.2, 0.25) is 10.0 Å². The van der Waals surface area contributed by atoms with Crippen LogP contribution >= 0.6 is 0 Å². The maximum absolute atomic E-state index is 13.7. The number of nitrogens with zero attached hydrogens (tertiary/aromatic N) is 3. The van der Waals surface area contributed by atoms with Gasteiger partial charge in [-0.3, -0.25) is 9.78 Å². The zero-order valence-corrected chi connectivity index (χ0v) is 21.7. The number of fused-ring (bicyclic) bond motifs is 1. The third kappa shape index (κ3) is 5.66. The topological polar surface area (TPSA) is 100 Å². The Labute approximate surface area is 216 Å². The van der Waals surface area contributed by atoms with Gasteiger partial charge >= 0.3 is 0 Å². The second-order valence-electron chi connectivity index (χ2n) is 9.34. The normalized spacial score (nSPS) is 20.1. The predicted octanol–water partition coefficient (Wildman–Crippen LogP) is 3.43. The lowest BCUT2D eigenvalue weighted by molar-refractivity contribution is 0.0563. The molecule has 3 atom stereocenters. The summed E-state index contributed by atoms with van der Waals surface area (Å²) in [6, 6.07) is 13.3. The minimum Gasteiger partial charge on any atom is -0.487 e. The molecule has 0 unspecified atom stereocenters. The van der Waals surface area contributed by atoms with E-state index in [9.17, 15) is 22.7 Å². The van der Waals surface area contributed by atoms with Crippen LogP contribution in [-0.2, 0) is 10.0 Å². The van der Waals surface area contributed by atoms with E-state index in [2.05, 4.69) is 4.98 Å². The largest absolute Gasteiger partial charge is 0.487 e. The first-order valence-corrected chi connectivity index (χ1v) is 13.4. The van der Waals surface area contributed by atoms with Gasteiger partial charge in [-0.05, 0) is 48.9 Å². The van der Waals surface area contributed by atoms with Gasteiger partial charge in [0.25, 0.3) is 5.91 Å². The molecule has 0 radical (unpaired) electrons. The Morgan fingerprint density at radius 2 is 2.00 bits per heavy atom. The molecule has 1 N–H and O–H groups in total. The number of aromatic nitrogens is 1. The highest BCUT2D eigenvalue weighted by molar-refractivity contribution is 7.89. The van der Waals surface area contributed by atoms with Crippen LogP contribution in [0.3, 0.4) is 0 Å². The molecule has 2 heterocycles. The number of aliphatic hydroxyl groups is 1. The molecule has 0 aliphatic carbocycles. The number of amides is 1. The number of aliphatic hydroxyl groups excluding tert-OH is 1. The van der Waals surface area contributed by atoms with Gasteiger partial charge in [0.05, 0.1) is 13.2 Å². The van der Waals surface area contributed by atoms with Crippen molar-refractivity contribution in [3.8, 4) is 16.9 Å². The fourth-order valence-corrected chi connectivity index (χ4v) is 6.18. The molecule has 3 aromatic rings. The molecule has 196 valence electrons. The quantitative estimate of drug-likeness (QED) is 0.527. The number of benzene rings is 2. The number of halogens is 1. The number of sulfonamides is 1. The Morgan fingerprint density at radius 3 is 2.68 bits per heavy atom. The molecule has 0 fully saturated rings. The van der Waals surface area contributed by atoms with Crippen LogP contribution in [0.4, 0.5) is 4.39 Å². The van der Waals surface area contributed by atoms with E-state index < -0.39 is 28.0 Å². The molecule has 4 rings (SSSR count). The van der Waals surface area contributed by atoms with E-state index in [0.717, 1.165) is 11.1 Å². The molecular formula is C27H30FN3O5S. The van der Waals surface area contributed by atoms with Crippen molar-refractivity contribution in [1.29, 1.82) is 0 Å². The van der Waals surface area contributed by atoms with Crippen LogP contribution in [0.1, 0.15) is 24.2 Å². The summed E-state index contributed by atoms with van der Waals surface area (Å²) in [7, 11) is -2.39. The van der Waals surface area contributed by atoms with Gasteiger partial charge in [-0.15, -0.1) is 0 Å². The smallest absolute Gasteiger partial charge is 0.253 e. The van der Waals surface area contributed by atoms with Crippen LogP contribution < -0.4 is 4.74 Å². The number of likely N-dealkylation sites (N-methyl/N-ethyl adjacent to an activating group) is 1. The fourth-order valence-electron chi connectivity index (χ4n) is 4.35. The van der Waals surface area contributed by atoms with E-state index in [-0.39, 0.29) is 47.7 Å². The van der Waals surface area contributed by atoms with E-state index in [1.807, 2.05) is 13.0 Å². The summed E-state index contributed by atoms with van der Waals surface area (Å²) in [6.07, 6.45) is 2.73. The van der Waals surface area contributed by atoms with Crippen LogP contribution in [-0.4, -0.2) is 72.5 Å². The molecule has 1 aliphatic heterocycles. The number of hydrogen-bond donors (Lipinski definition) is 1. The van der Waals surface area contributed by atoms with Gasteiger partial charge < -0.3 is 14.7 Å². The first-order valence-electron chi connectivity index (χ1n) is 12.0. The Morgan fingerprint density at radius 1 is 1.22 bits per heavy atom. The average molecular weight is 528 g/mol. The Balaban J connectivity index is 1.74. The summed E-state index contributed by atoms with van der Waals surface area (Å²) in [6.45, 7) is 3.35. The zero-order chi connectivity index (χ0) is 26.7. The van der Waals surface area contributed by atoms with Gasteiger partial charge in [-0.2, -0.15) is 4.31 Å². The maximum Gasteiger partial charge on any atom is 0.253 e. The second-order valence-corrected chi connectivity index (χ2v) is 11.2. The second kappa shape index (κ2) is 11.0. The summed E-state index contributed by atoms with van der Waals surface area (Å²) in [5.41, 5.74) is 1.72. The van der Waals surface area contributed by atoms with Crippen molar-refractivity contribution in [2.24, 2.45) is 5.92 Å². The molecule has 2 aromatic carbocycles. The average Bonchev–Trinajstić information content (AvgIpc) is 2.90. The summed E-state index contributed by atoms with van der Waals surface area (Å²) in [4.78, 5) is 18.6. The van der Waals surface area contributed by atoms with E-state index >= 15 is 0 Å². The number of rotatable bonds is 6. The monoisotopic (exact) mass is 527 g/mol. The summed E-state index contributed by atoms with van der Waals surface area (Å²) in [5, 5.41) is 9.81. The van der Waals surface area contributed by atoms with Crippen molar-refractivity contribution in [3.63, 3.8) is 0 Å². The molecule has 1 amide bonds. The minimum atomic E-state index is -3.99. The summed E-state index contributed by atoms with van der Waals surface area (Å²) in [5.74, 6) is -1.08. The van der Waals surface area contributed by atoms with Crippen molar-refractivity contribution in [1.82, 2.24) is 14.2 Å². The lowest BCUT2D eigenvalue weighted by Gasteiger charge is -2.37. The first kappa shape index (κ1) is 26.7. The summed E-state index contributed by atoms with van der Waals surface area (Å²) >= 11 is 0. The molecule has 8 nitrogen and oxygen atoms in total. The lowest BCUT2D eigenvalue weighted by Crippen LogP contribution is -2.50. The third-order valence-electron chi connectivity index (χ3n) is 6.53. The van der Waals surface area contributed by atoms with Gasteiger partial charge in [-0.1, -0.05) is 25.1 Å². The zero-order valence-electron chi connectivity index (χ0n) is 20.9. The van der Waals surface area contributed by atoms with E-state index in [4.69, 9.17) is 4.74 Å². The van der Waals surface area contributed by atoms with Crippen molar-refractivity contribution in [2.45, 2.75) is 30.9 Å². The van der Waals surface area contributed by atoms with Crippen molar-refractivity contribution < 1.29 is 27.4 Å². The SMILES string of the molecule is C[C@@H]1CN([C@@H](C)CO)S(=O)(=O)c2ccc(-c3cccnc3)cc2O[C@H]1CN(C)C(=O)c1cccc(F)c1. The Bertz CT molecular complexity index is 1370. The highest BCUT2D eigenvalue weighted by Gasteiger charge is 2.38. The standard InChI is InChI=1S/C27H30FN3O5S/c1-18-15-31(19(2)17-32)37(34,35)26-10-9-20(22-7-5-11-29-14-22)13-24(26)36-25(18)16-30(3)27(33)21-6-4-8-23(28)12-21/h4-14,18-19,25,32H,15-17H2,1-3H3/t18-,19+,25+/m1/s1. The van der Waals surface area contributed by atoms with E-state index in [0.29, 0.717) is 0 Å². The molecule has 1 aromatic heterocycles. The molecule has 37 heavy (non-hydrogen) atoms.